The van der Waals surface area contributed by atoms with Gasteiger partial charge in [0.15, 0.2) is 11.5 Å². The van der Waals surface area contributed by atoms with Crippen molar-refractivity contribution in [2.45, 2.75) is 13.1 Å². The van der Waals surface area contributed by atoms with Gasteiger partial charge in [-0.05, 0) is 29.8 Å². The van der Waals surface area contributed by atoms with Crippen LogP contribution in [0, 0.1) is 0 Å². The van der Waals surface area contributed by atoms with Crippen molar-refractivity contribution < 1.29 is 19.4 Å². The third kappa shape index (κ3) is 4.24. The summed E-state index contributed by atoms with van der Waals surface area (Å²) in [5.41, 5.74) is 2.26. The maximum atomic E-state index is 10.8. The Morgan fingerprint density at radius 1 is 1.09 bits per heavy atom. The van der Waals surface area contributed by atoms with E-state index in [0.29, 0.717) is 24.6 Å². The lowest BCUT2D eigenvalue weighted by Crippen LogP contribution is -2.14. The Kier molecular flexibility index (Phi) is 6.01. The molecule has 0 bridgehead atoms. The van der Waals surface area contributed by atoms with Gasteiger partial charge in [0.2, 0.25) is 0 Å². The van der Waals surface area contributed by atoms with Crippen molar-refractivity contribution in [2.75, 3.05) is 14.2 Å². The minimum atomic E-state index is -0.922. The summed E-state index contributed by atoms with van der Waals surface area (Å²) in [5, 5.41) is 12.2. The molecule has 0 unspecified atom stereocenters. The highest BCUT2D eigenvalue weighted by Gasteiger charge is 2.13. The zero-order valence-corrected chi connectivity index (χ0v) is 14.5. The van der Waals surface area contributed by atoms with Gasteiger partial charge in [-0.2, -0.15) is 0 Å². The first-order valence-corrected chi connectivity index (χ1v) is 7.78. The van der Waals surface area contributed by atoms with E-state index in [1.807, 2.05) is 12.1 Å². The summed E-state index contributed by atoms with van der Waals surface area (Å²) in [6.45, 7) is 1.20. The van der Waals surface area contributed by atoms with Gasteiger partial charge in [0.05, 0.1) is 19.8 Å². The Morgan fingerprint density at radius 2 is 1.78 bits per heavy atom. The van der Waals surface area contributed by atoms with Gasteiger partial charge in [0.1, 0.15) is 0 Å². The number of methoxy groups -OCH3 is 2. The summed E-state index contributed by atoms with van der Waals surface area (Å²) >= 11 is 3.52. The quantitative estimate of drug-likeness (QED) is 0.770. The number of rotatable bonds is 7. The molecule has 122 valence electrons. The van der Waals surface area contributed by atoms with Crippen LogP contribution in [0.5, 0.6) is 11.5 Å². The van der Waals surface area contributed by atoms with Gasteiger partial charge in [-0.25, -0.2) is 4.79 Å². The minimum Gasteiger partial charge on any atom is -0.493 e. The summed E-state index contributed by atoms with van der Waals surface area (Å²) in [5.74, 6) is 0.448. The lowest BCUT2D eigenvalue weighted by molar-refractivity contribution is 0.0697. The van der Waals surface area contributed by atoms with Crippen molar-refractivity contribution in [1.82, 2.24) is 5.32 Å². The SMILES string of the molecule is COc1ccc(Br)c(CNCc2ccc(C(=O)O)cc2)c1OC. The number of hydrogen-bond acceptors (Lipinski definition) is 4. The second kappa shape index (κ2) is 7.99. The van der Waals surface area contributed by atoms with Gasteiger partial charge in [-0.3, -0.25) is 0 Å². The van der Waals surface area contributed by atoms with E-state index in [9.17, 15) is 4.79 Å². The van der Waals surface area contributed by atoms with E-state index in [4.69, 9.17) is 14.6 Å². The zero-order valence-electron chi connectivity index (χ0n) is 12.9. The van der Waals surface area contributed by atoms with Crippen LogP contribution in [0.2, 0.25) is 0 Å². The Bertz CT molecular complexity index is 686. The van der Waals surface area contributed by atoms with E-state index in [1.165, 1.54) is 0 Å². The molecule has 0 aromatic heterocycles. The van der Waals surface area contributed by atoms with Crippen molar-refractivity contribution in [1.29, 1.82) is 0 Å². The molecule has 0 saturated carbocycles. The number of benzene rings is 2. The zero-order chi connectivity index (χ0) is 16.8. The first kappa shape index (κ1) is 17.3. The standard InChI is InChI=1S/C17H18BrNO4/c1-22-15-8-7-14(18)13(16(15)23-2)10-19-9-11-3-5-12(6-4-11)17(20)21/h3-8,19H,9-10H2,1-2H3,(H,20,21). The minimum absolute atomic E-state index is 0.283. The molecule has 0 saturated heterocycles. The molecule has 0 aliphatic carbocycles. The normalized spacial score (nSPS) is 10.4. The fourth-order valence-corrected chi connectivity index (χ4v) is 2.68. The highest BCUT2D eigenvalue weighted by atomic mass is 79.9. The second-order valence-corrected chi connectivity index (χ2v) is 5.72. The molecule has 0 heterocycles. The number of halogens is 1. The van der Waals surface area contributed by atoms with Crippen LogP contribution in [0.4, 0.5) is 0 Å². The fraction of sp³-hybridized carbons (Fsp3) is 0.235. The summed E-state index contributed by atoms with van der Waals surface area (Å²) in [6.07, 6.45) is 0. The van der Waals surface area contributed by atoms with Crippen LogP contribution >= 0.6 is 15.9 Å². The highest BCUT2D eigenvalue weighted by Crippen LogP contribution is 2.35. The molecular formula is C17H18BrNO4. The van der Waals surface area contributed by atoms with Gasteiger partial charge in [0, 0.05) is 23.1 Å². The van der Waals surface area contributed by atoms with Crippen LogP contribution in [0.3, 0.4) is 0 Å². The first-order chi connectivity index (χ1) is 11.1. The number of ether oxygens (including phenoxy) is 2. The molecule has 0 fully saturated rings. The number of carboxylic acid groups (broad SMARTS) is 1. The van der Waals surface area contributed by atoms with E-state index in [0.717, 1.165) is 15.6 Å². The van der Waals surface area contributed by atoms with E-state index < -0.39 is 5.97 Å². The predicted molar refractivity (Wildman–Crippen MR) is 91.2 cm³/mol. The van der Waals surface area contributed by atoms with E-state index in [-0.39, 0.29) is 5.56 Å². The van der Waals surface area contributed by atoms with E-state index >= 15 is 0 Å². The van der Waals surface area contributed by atoms with Crippen LogP contribution in [0.1, 0.15) is 21.5 Å². The van der Waals surface area contributed by atoms with Crippen molar-refractivity contribution >= 4 is 21.9 Å². The largest absolute Gasteiger partial charge is 0.493 e. The highest BCUT2D eigenvalue weighted by molar-refractivity contribution is 9.10. The molecule has 0 aliphatic rings. The summed E-state index contributed by atoms with van der Waals surface area (Å²) < 4.78 is 11.7. The maximum absolute atomic E-state index is 10.8. The third-order valence-electron chi connectivity index (χ3n) is 3.42. The van der Waals surface area contributed by atoms with Gasteiger partial charge in [-0.1, -0.05) is 28.1 Å². The summed E-state index contributed by atoms with van der Waals surface area (Å²) in [7, 11) is 3.21. The molecule has 23 heavy (non-hydrogen) atoms. The van der Waals surface area contributed by atoms with Gasteiger partial charge in [-0.15, -0.1) is 0 Å². The third-order valence-corrected chi connectivity index (χ3v) is 4.17. The number of nitrogens with one attached hydrogen (secondary N) is 1. The van der Waals surface area contributed by atoms with Crippen LogP contribution in [-0.4, -0.2) is 25.3 Å². The predicted octanol–water partition coefficient (Wildman–Crippen LogP) is 3.45. The average molecular weight is 380 g/mol. The lowest BCUT2D eigenvalue weighted by Gasteiger charge is -2.15. The van der Waals surface area contributed by atoms with Gasteiger partial charge >= 0.3 is 5.97 Å². The van der Waals surface area contributed by atoms with Gasteiger partial charge < -0.3 is 19.9 Å². The van der Waals surface area contributed by atoms with Crippen LogP contribution in [0.15, 0.2) is 40.9 Å². The van der Waals surface area contributed by atoms with Gasteiger partial charge in [0.25, 0.3) is 0 Å². The Labute approximate surface area is 143 Å². The molecule has 2 aromatic carbocycles. The maximum Gasteiger partial charge on any atom is 0.335 e. The number of carbonyl (C=O) groups is 1. The lowest BCUT2D eigenvalue weighted by atomic mass is 10.1. The van der Waals surface area contributed by atoms with Crippen LogP contribution in [0.25, 0.3) is 0 Å². The topological polar surface area (TPSA) is 67.8 Å². The molecule has 0 atom stereocenters. The van der Waals surface area contributed by atoms with Crippen molar-refractivity contribution in [2.24, 2.45) is 0 Å². The van der Waals surface area contributed by atoms with Crippen molar-refractivity contribution in [3.05, 3.63) is 57.6 Å². The number of aromatic carboxylic acids is 1. The molecule has 2 N–H and O–H groups in total. The molecule has 0 amide bonds. The van der Waals surface area contributed by atoms with Crippen LogP contribution < -0.4 is 14.8 Å². The molecule has 0 radical (unpaired) electrons. The number of carboxylic acids is 1. The number of hydrogen-bond donors (Lipinski definition) is 2. The Morgan fingerprint density at radius 3 is 2.35 bits per heavy atom. The monoisotopic (exact) mass is 379 g/mol. The smallest absolute Gasteiger partial charge is 0.335 e. The molecule has 2 rings (SSSR count). The molecule has 0 aliphatic heterocycles. The fourth-order valence-electron chi connectivity index (χ4n) is 2.23. The summed E-state index contributed by atoms with van der Waals surface area (Å²) in [4.78, 5) is 10.8. The average Bonchev–Trinajstić information content (AvgIpc) is 2.56. The molecule has 0 spiro atoms. The Balaban J connectivity index is 2.05. The van der Waals surface area contributed by atoms with Crippen molar-refractivity contribution in [3.63, 3.8) is 0 Å². The molecule has 5 nitrogen and oxygen atoms in total. The van der Waals surface area contributed by atoms with E-state index in [2.05, 4.69) is 21.2 Å². The summed E-state index contributed by atoms with van der Waals surface area (Å²) in [6, 6.07) is 10.6. The second-order valence-electron chi connectivity index (χ2n) is 4.87. The van der Waals surface area contributed by atoms with Crippen molar-refractivity contribution in [3.8, 4) is 11.5 Å². The molecule has 6 heteroatoms. The Hall–Kier alpha value is -2.05. The van der Waals surface area contributed by atoms with E-state index in [1.54, 1.807) is 38.5 Å². The van der Waals surface area contributed by atoms with Crippen LogP contribution in [-0.2, 0) is 13.1 Å². The molecular weight excluding hydrogens is 362 g/mol. The first-order valence-electron chi connectivity index (χ1n) is 6.99. The molecule has 2 aromatic rings.